The van der Waals surface area contributed by atoms with Gasteiger partial charge in [0, 0.05) is 12.2 Å². The van der Waals surface area contributed by atoms with Crippen LogP contribution in [-0.2, 0) is 11.2 Å². The van der Waals surface area contributed by atoms with Gasteiger partial charge in [0.15, 0.2) is 11.5 Å². The number of esters is 1. The van der Waals surface area contributed by atoms with Crippen molar-refractivity contribution in [2.45, 2.75) is 12.8 Å². The van der Waals surface area contributed by atoms with Gasteiger partial charge in [0.1, 0.15) is 0 Å². The van der Waals surface area contributed by atoms with Gasteiger partial charge in [-0.3, -0.25) is 0 Å². The molecule has 1 aliphatic rings. The van der Waals surface area contributed by atoms with E-state index < -0.39 is 5.97 Å². The van der Waals surface area contributed by atoms with Crippen molar-refractivity contribution in [3.05, 3.63) is 47.7 Å². The second kappa shape index (κ2) is 5.44. The van der Waals surface area contributed by atoms with Gasteiger partial charge in [-0.15, -0.1) is 0 Å². The number of fused-ring (bicyclic) bond motifs is 1. The van der Waals surface area contributed by atoms with Crippen LogP contribution in [0, 0.1) is 0 Å². The van der Waals surface area contributed by atoms with Gasteiger partial charge < -0.3 is 15.4 Å². The van der Waals surface area contributed by atoms with Crippen LogP contribution in [0.1, 0.15) is 22.5 Å². The number of para-hydroxylation sites is 1. The summed E-state index contributed by atoms with van der Waals surface area (Å²) in [6.07, 6.45) is 2.07. The Balaban J connectivity index is 2.07. The van der Waals surface area contributed by atoms with Crippen LogP contribution in [0.15, 0.2) is 36.4 Å². The fourth-order valence-corrected chi connectivity index (χ4v) is 2.65. The van der Waals surface area contributed by atoms with Gasteiger partial charge >= 0.3 is 5.97 Å². The number of aryl methyl sites for hydroxylation is 1. The summed E-state index contributed by atoms with van der Waals surface area (Å²) in [6.45, 7) is 0.832. The van der Waals surface area contributed by atoms with Crippen molar-refractivity contribution in [2.24, 2.45) is 0 Å². The van der Waals surface area contributed by atoms with Crippen LogP contribution in [0.3, 0.4) is 0 Å². The quantitative estimate of drug-likeness (QED) is 0.858. The zero-order valence-corrected chi connectivity index (χ0v) is 11.9. The van der Waals surface area contributed by atoms with E-state index >= 15 is 0 Å². The molecule has 0 radical (unpaired) electrons. The fourth-order valence-electron chi connectivity index (χ4n) is 2.65. The number of anilines is 3. The van der Waals surface area contributed by atoms with Crippen LogP contribution in [0.5, 0.6) is 0 Å². The number of carbonyl (C=O) groups excluding carboxylic acids is 1. The van der Waals surface area contributed by atoms with E-state index in [2.05, 4.69) is 22.0 Å². The zero-order chi connectivity index (χ0) is 14.8. The molecule has 3 rings (SSSR count). The first-order valence-corrected chi connectivity index (χ1v) is 6.91. The minimum atomic E-state index is -0.457. The van der Waals surface area contributed by atoms with E-state index in [0.717, 1.165) is 25.1 Å². The van der Waals surface area contributed by atoms with Gasteiger partial charge in [0.05, 0.1) is 12.8 Å². The standard InChI is InChI=1S/C16H17N3O2/c1-21-16(20)13-9-8-12(17)15(18-13)19-10-4-6-11-5-2-3-7-14(11)19/h2-3,5,7-9H,4,6,10,17H2,1H3. The molecule has 2 aromatic rings. The fraction of sp³-hybridized carbons (Fsp3) is 0.250. The molecule has 2 heterocycles. The Morgan fingerprint density at radius 2 is 2.10 bits per heavy atom. The SMILES string of the molecule is COC(=O)c1ccc(N)c(N2CCCc3ccccc32)n1. The predicted octanol–water partition coefficient (Wildman–Crippen LogP) is 2.53. The van der Waals surface area contributed by atoms with E-state index in [4.69, 9.17) is 10.5 Å². The van der Waals surface area contributed by atoms with Gasteiger partial charge in [0.25, 0.3) is 0 Å². The predicted molar refractivity (Wildman–Crippen MR) is 81.8 cm³/mol. The first-order chi connectivity index (χ1) is 10.2. The second-order valence-electron chi connectivity index (χ2n) is 4.98. The minimum Gasteiger partial charge on any atom is -0.464 e. The van der Waals surface area contributed by atoms with Crippen molar-refractivity contribution < 1.29 is 9.53 Å². The normalized spacial score (nSPS) is 13.7. The number of nitrogens with two attached hydrogens (primary N) is 1. The lowest BCUT2D eigenvalue weighted by Crippen LogP contribution is -2.26. The third kappa shape index (κ3) is 2.42. The summed E-state index contributed by atoms with van der Waals surface area (Å²) < 4.78 is 4.73. The number of rotatable bonds is 2. The number of nitrogens with zero attached hydrogens (tertiary/aromatic N) is 2. The maximum atomic E-state index is 11.7. The minimum absolute atomic E-state index is 0.268. The Morgan fingerprint density at radius 1 is 1.29 bits per heavy atom. The molecule has 108 valence electrons. The Bertz CT molecular complexity index is 685. The van der Waals surface area contributed by atoms with E-state index in [0.29, 0.717) is 11.5 Å². The molecule has 0 amide bonds. The molecule has 0 atom stereocenters. The first kappa shape index (κ1) is 13.4. The van der Waals surface area contributed by atoms with E-state index in [1.54, 1.807) is 12.1 Å². The Morgan fingerprint density at radius 3 is 2.90 bits per heavy atom. The van der Waals surface area contributed by atoms with Crippen molar-refractivity contribution in [1.82, 2.24) is 4.98 Å². The van der Waals surface area contributed by atoms with E-state index in [1.807, 2.05) is 12.1 Å². The molecular formula is C16H17N3O2. The van der Waals surface area contributed by atoms with Crippen LogP contribution in [0.25, 0.3) is 0 Å². The largest absolute Gasteiger partial charge is 0.464 e. The third-order valence-corrected chi connectivity index (χ3v) is 3.67. The van der Waals surface area contributed by atoms with Gasteiger partial charge in [0.2, 0.25) is 0 Å². The molecular weight excluding hydrogens is 266 g/mol. The third-order valence-electron chi connectivity index (χ3n) is 3.67. The second-order valence-corrected chi connectivity index (χ2v) is 4.98. The summed E-state index contributed by atoms with van der Waals surface area (Å²) in [5.74, 6) is 0.159. The maximum absolute atomic E-state index is 11.7. The number of benzene rings is 1. The maximum Gasteiger partial charge on any atom is 0.356 e. The van der Waals surface area contributed by atoms with Gasteiger partial charge in [-0.1, -0.05) is 18.2 Å². The number of aromatic nitrogens is 1. The average Bonchev–Trinajstić information content (AvgIpc) is 2.54. The summed E-state index contributed by atoms with van der Waals surface area (Å²) in [5, 5.41) is 0. The van der Waals surface area contributed by atoms with Crippen LogP contribution in [-0.4, -0.2) is 24.6 Å². The molecule has 1 aromatic heterocycles. The molecule has 1 aliphatic heterocycles. The summed E-state index contributed by atoms with van der Waals surface area (Å²) >= 11 is 0. The van der Waals surface area contributed by atoms with Crippen molar-refractivity contribution in [1.29, 1.82) is 0 Å². The van der Waals surface area contributed by atoms with Crippen LogP contribution >= 0.6 is 0 Å². The Hall–Kier alpha value is -2.56. The molecule has 0 fully saturated rings. The molecule has 0 spiro atoms. The van der Waals surface area contributed by atoms with Crippen molar-refractivity contribution in [2.75, 3.05) is 24.3 Å². The van der Waals surface area contributed by atoms with Crippen molar-refractivity contribution in [3.8, 4) is 0 Å². The first-order valence-electron chi connectivity index (χ1n) is 6.91. The monoisotopic (exact) mass is 283 g/mol. The van der Waals surface area contributed by atoms with Crippen molar-refractivity contribution in [3.63, 3.8) is 0 Å². The highest BCUT2D eigenvalue weighted by molar-refractivity contribution is 5.89. The van der Waals surface area contributed by atoms with E-state index in [-0.39, 0.29) is 5.69 Å². The lowest BCUT2D eigenvalue weighted by Gasteiger charge is -2.31. The number of carbonyl (C=O) groups is 1. The topological polar surface area (TPSA) is 68.5 Å². The number of pyridine rings is 1. The molecule has 2 N–H and O–H groups in total. The van der Waals surface area contributed by atoms with Crippen LogP contribution < -0.4 is 10.6 Å². The highest BCUT2D eigenvalue weighted by atomic mass is 16.5. The van der Waals surface area contributed by atoms with Gasteiger partial charge in [-0.05, 0) is 36.6 Å². The summed E-state index contributed by atoms with van der Waals surface area (Å²) in [6, 6.07) is 11.5. The summed E-state index contributed by atoms with van der Waals surface area (Å²) in [4.78, 5) is 18.1. The molecule has 0 unspecified atom stereocenters. The number of ether oxygens (including phenoxy) is 1. The molecule has 0 bridgehead atoms. The molecule has 0 aliphatic carbocycles. The average molecular weight is 283 g/mol. The number of hydrogen-bond donors (Lipinski definition) is 1. The van der Waals surface area contributed by atoms with Crippen LogP contribution in [0.4, 0.5) is 17.2 Å². The highest BCUT2D eigenvalue weighted by Crippen LogP contribution is 2.35. The Labute approximate surface area is 123 Å². The lowest BCUT2D eigenvalue weighted by molar-refractivity contribution is 0.0594. The molecule has 0 saturated carbocycles. The number of nitrogen functional groups attached to an aromatic ring is 1. The van der Waals surface area contributed by atoms with Gasteiger partial charge in [-0.2, -0.15) is 0 Å². The molecule has 21 heavy (non-hydrogen) atoms. The van der Waals surface area contributed by atoms with E-state index in [1.165, 1.54) is 12.7 Å². The molecule has 5 nitrogen and oxygen atoms in total. The molecule has 0 saturated heterocycles. The Kier molecular flexibility index (Phi) is 3.48. The lowest BCUT2D eigenvalue weighted by atomic mass is 10.0. The summed E-state index contributed by atoms with van der Waals surface area (Å²) in [7, 11) is 1.34. The van der Waals surface area contributed by atoms with Crippen molar-refractivity contribution >= 4 is 23.2 Å². The molecule has 1 aromatic carbocycles. The number of methoxy groups -OCH3 is 1. The number of hydrogen-bond acceptors (Lipinski definition) is 5. The summed E-state index contributed by atoms with van der Waals surface area (Å²) in [5.41, 5.74) is 9.26. The zero-order valence-electron chi connectivity index (χ0n) is 11.9. The van der Waals surface area contributed by atoms with E-state index in [9.17, 15) is 4.79 Å². The molecule has 5 heteroatoms. The van der Waals surface area contributed by atoms with Gasteiger partial charge in [-0.25, -0.2) is 9.78 Å². The van der Waals surface area contributed by atoms with Crippen LogP contribution in [0.2, 0.25) is 0 Å². The highest BCUT2D eigenvalue weighted by Gasteiger charge is 2.22. The smallest absolute Gasteiger partial charge is 0.356 e.